The zero-order chi connectivity index (χ0) is 14.0. The minimum atomic E-state index is -0.659. The summed E-state index contributed by atoms with van der Waals surface area (Å²) in [7, 11) is 0. The SMILES string of the molecule is CC(=O)NC(C)(C)c1noc(Cn2cc(C)cn2)n1. The van der Waals surface area contributed by atoms with E-state index in [2.05, 4.69) is 20.6 Å². The Balaban J connectivity index is 2.12. The van der Waals surface area contributed by atoms with Crippen molar-refractivity contribution in [3.63, 3.8) is 0 Å². The first-order chi connectivity index (χ1) is 8.87. The first kappa shape index (κ1) is 13.3. The standard InChI is InChI=1S/C12H17N5O2/c1-8-5-13-17(6-8)7-10-14-11(16-19-10)12(3,4)15-9(2)18/h5-6H,7H2,1-4H3,(H,15,18). The molecule has 102 valence electrons. The predicted molar refractivity (Wildman–Crippen MR) is 67.2 cm³/mol. The molecule has 0 fully saturated rings. The van der Waals surface area contributed by atoms with E-state index in [-0.39, 0.29) is 5.91 Å². The molecule has 19 heavy (non-hydrogen) atoms. The van der Waals surface area contributed by atoms with Crippen molar-refractivity contribution in [3.8, 4) is 0 Å². The van der Waals surface area contributed by atoms with Gasteiger partial charge in [0.15, 0.2) is 5.82 Å². The van der Waals surface area contributed by atoms with Crippen LogP contribution in [0.1, 0.15) is 38.0 Å². The third-order valence-corrected chi connectivity index (χ3v) is 2.58. The van der Waals surface area contributed by atoms with Gasteiger partial charge in [0.1, 0.15) is 6.54 Å². The summed E-state index contributed by atoms with van der Waals surface area (Å²) in [5, 5.41) is 10.8. The molecule has 2 aromatic rings. The zero-order valence-corrected chi connectivity index (χ0v) is 11.5. The first-order valence-electron chi connectivity index (χ1n) is 5.98. The average molecular weight is 263 g/mol. The van der Waals surface area contributed by atoms with Crippen LogP contribution in [-0.4, -0.2) is 25.8 Å². The summed E-state index contributed by atoms with van der Waals surface area (Å²) >= 11 is 0. The lowest BCUT2D eigenvalue weighted by atomic mass is 10.1. The Morgan fingerprint density at radius 2 is 2.26 bits per heavy atom. The van der Waals surface area contributed by atoms with E-state index in [0.717, 1.165) is 5.56 Å². The Morgan fingerprint density at radius 3 is 2.84 bits per heavy atom. The third kappa shape index (κ3) is 3.18. The summed E-state index contributed by atoms with van der Waals surface area (Å²) in [6.07, 6.45) is 3.65. The molecule has 2 aromatic heterocycles. The topological polar surface area (TPSA) is 85.8 Å². The Labute approximate surface area is 111 Å². The number of carbonyl (C=O) groups is 1. The molecule has 0 aliphatic rings. The van der Waals surface area contributed by atoms with Crippen LogP contribution in [0.5, 0.6) is 0 Å². The fourth-order valence-electron chi connectivity index (χ4n) is 1.76. The highest BCUT2D eigenvalue weighted by molar-refractivity contribution is 5.73. The molecule has 0 aliphatic heterocycles. The lowest BCUT2D eigenvalue weighted by molar-refractivity contribution is -0.120. The molecule has 0 aromatic carbocycles. The largest absolute Gasteiger partial charge is 0.344 e. The van der Waals surface area contributed by atoms with Gasteiger partial charge in [0.2, 0.25) is 11.8 Å². The molecule has 1 N–H and O–H groups in total. The van der Waals surface area contributed by atoms with E-state index < -0.39 is 5.54 Å². The van der Waals surface area contributed by atoms with Crippen LogP contribution in [0.25, 0.3) is 0 Å². The van der Waals surface area contributed by atoms with Gasteiger partial charge in [-0.1, -0.05) is 5.16 Å². The summed E-state index contributed by atoms with van der Waals surface area (Å²) in [5.74, 6) is 0.761. The van der Waals surface area contributed by atoms with Gasteiger partial charge in [0.05, 0.1) is 11.7 Å². The molecule has 7 heteroatoms. The smallest absolute Gasteiger partial charge is 0.248 e. The van der Waals surface area contributed by atoms with Crippen molar-refractivity contribution in [3.05, 3.63) is 29.7 Å². The fraction of sp³-hybridized carbons (Fsp3) is 0.500. The van der Waals surface area contributed by atoms with E-state index in [9.17, 15) is 4.79 Å². The minimum Gasteiger partial charge on any atom is -0.344 e. The van der Waals surface area contributed by atoms with Gasteiger partial charge >= 0.3 is 0 Å². The van der Waals surface area contributed by atoms with E-state index in [0.29, 0.717) is 18.3 Å². The highest BCUT2D eigenvalue weighted by Crippen LogP contribution is 2.16. The lowest BCUT2D eigenvalue weighted by Crippen LogP contribution is -2.40. The van der Waals surface area contributed by atoms with Crippen LogP contribution < -0.4 is 5.32 Å². The molecule has 7 nitrogen and oxygen atoms in total. The molecule has 2 heterocycles. The monoisotopic (exact) mass is 263 g/mol. The molecule has 0 radical (unpaired) electrons. The van der Waals surface area contributed by atoms with E-state index in [1.165, 1.54) is 6.92 Å². The number of amides is 1. The van der Waals surface area contributed by atoms with Gasteiger partial charge in [-0.15, -0.1) is 0 Å². The average Bonchev–Trinajstić information content (AvgIpc) is 2.87. The Kier molecular flexibility index (Phi) is 3.37. The second kappa shape index (κ2) is 4.83. The van der Waals surface area contributed by atoms with E-state index >= 15 is 0 Å². The number of carbonyl (C=O) groups excluding carboxylic acids is 1. The number of aryl methyl sites for hydroxylation is 1. The third-order valence-electron chi connectivity index (χ3n) is 2.58. The molecule has 0 aliphatic carbocycles. The second-order valence-corrected chi connectivity index (χ2v) is 5.03. The fourth-order valence-corrected chi connectivity index (χ4v) is 1.76. The van der Waals surface area contributed by atoms with Crippen LogP contribution in [0.2, 0.25) is 0 Å². The van der Waals surface area contributed by atoms with Crippen LogP contribution in [0.15, 0.2) is 16.9 Å². The van der Waals surface area contributed by atoms with Crippen molar-refractivity contribution in [2.45, 2.75) is 39.8 Å². The molecule has 0 saturated heterocycles. The van der Waals surface area contributed by atoms with Crippen molar-refractivity contribution in [1.82, 2.24) is 25.2 Å². The van der Waals surface area contributed by atoms with Crippen molar-refractivity contribution in [2.24, 2.45) is 0 Å². The van der Waals surface area contributed by atoms with Crippen LogP contribution in [0.3, 0.4) is 0 Å². The number of hydrogen-bond donors (Lipinski definition) is 1. The number of hydrogen-bond acceptors (Lipinski definition) is 5. The maximum atomic E-state index is 11.1. The van der Waals surface area contributed by atoms with Gasteiger partial charge in [-0.3, -0.25) is 9.48 Å². The Bertz CT molecular complexity index is 584. The van der Waals surface area contributed by atoms with Crippen LogP contribution in [-0.2, 0) is 16.9 Å². The van der Waals surface area contributed by atoms with Gasteiger partial charge in [-0.2, -0.15) is 10.1 Å². The summed E-state index contributed by atoms with van der Waals surface area (Å²) in [5.41, 5.74) is 0.409. The number of rotatable bonds is 4. The number of nitrogens with zero attached hydrogens (tertiary/aromatic N) is 4. The highest BCUT2D eigenvalue weighted by Gasteiger charge is 2.27. The quantitative estimate of drug-likeness (QED) is 0.889. The summed E-state index contributed by atoms with van der Waals surface area (Å²) in [6, 6.07) is 0. The minimum absolute atomic E-state index is 0.140. The first-order valence-corrected chi connectivity index (χ1v) is 5.98. The Hall–Kier alpha value is -2.18. The van der Waals surface area contributed by atoms with Gasteiger partial charge in [0.25, 0.3) is 0 Å². The van der Waals surface area contributed by atoms with Gasteiger partial charge in [0, 0.05) is 13.1 Å². The maximum Gasteiger partial charge on any atom is 0.248 e. The lowest BCUT2D eigenvalue weighted by Gasteiger charge is -2.20. The normalized spacial score (nSPS) is 11.6. The van der Waals surface area contributed by atoms with E-state index in [1.54, 1.807) is 10.9 Å². The summed E-state index contributed by atoms with van der Waals surface area (Å²) < 4.78 is 6.89. The highest BCUT2D eigenvalue weighted by atomic mass is 16.5. The number of aromatic nitrogens is 4. The van der Waals surface area contributed by atoms with Crippen molar-refractivity contribution in [1.29, 1.82) is 0 Å². The van der Waals surface area contributed by atoms with Gasteiger partial charge in [-0.05, 0) is 26.3 Å². The van der Waals surface area contributed by atoms with Crippen LogP contribution >= 0.6 is 0 Å². The molecule has 1 amide bonds. The zero-order valence-electron chi connectivity index (χ0n) is 11.5. The van der Waals surface area contributed by atoms with Crippen LogP contribution in [0, 0.1) is 6.92 Å². The van der Waals surface area contributed by atoms with E-state index in [4.69, 9.17) is 4.52 Å². The predicted octanol–water partition coefficient (Wildman–Crippen LogP) is 0.994. The van der Waals surface area contributed by atoms with Gasteiger partial charge in [-0.25, -0.2) is 0 Å². The molecule has 2 rings (SSSR count). The molecular formula is C12H17N5O2. The van der Waals surface area contributed by atoms with Crippen molar-refractivity contribution >= 4 is 5.91 Å². The second-order valence-electron chi connectivity index (χ2n) is 5.03. The van der Waals surface area contributed by atoms with Crippen molar-refractivity contribution < 1.29 is 9.32 Å². The van der Waals surface area contributed by atoms with Gasteiger partial charge < -0.3 is 9.84 Å². The summed E-state index contributed by atoms with van der Waals surface area (Å²) in [6.45, 7) is 7.47. The molecular weight excluding hydrogens is 246 g/mol. The maximum absolute atomic E-state index is 11.1. The summed E-state index contributed by atoms with van der Waals surface area (Å²) in [4.78, 5) is 15.4. The molecule has 0 bridgehead atoms. The Morgan fingerprint density at radius 1 is 1.53 bits per heavy atom. The molecule has 0 atom stereocenters. The molecule has 0 saturated carbocycles. The van der Waals surface area contributed by atoms with Crippen LogP contribution in [0.4, 0.5) is 0 Å². The number of nitrogens with one attached hydrogen (secondary N) is 1. The molecule has 0 unspecified atom stereocenters. The van der Waals surface area contributed by atoms with E-state index in [1.807, 2.05) is 27.0 Å². The molecule has 0 spiro atoms. The van der Waals surface area contributed by atoms with Crippen molar-refractivity contribution in [2.75, 3.05) is 0 Å².